The van der Waals surface area contributed by atoms with Crippen molar-refractivity contribution in [1.82, 2.24) is 4.98 Å². The number of anilines is 2. The summed E-state index contributed by atoms with van der Waals surface area (Å²) in [5, 5.41) is 19.7. The molecule has 0 bridgehead atoms. The second kappa shape index (κ2) is 5.13. The number of para-hydroxylation sites is 1. The van der Waals surface area contributed by atoms with Gasteiger partial charge in [-0.25, -0.2) is 9.69 Å². The molecule has 0 spiro atoms. The van der Waals surface area contributed by atoms with E-state index in [1.54, 1.807) is 30.3 Å². The molecule has 2 rings (SSSR count). The molecule has 1 aromatic heterocycles. The third-order valence-electron chi connectivity index (χ3n) is 2.38. The molecule has 0 aliphatic carbocycles. The lowest BCUT2D eigenvalue weighted by Gasteiger charge is -2.17. The highest BCUT2D eigenvalue weighted by atomic mass is 16.6. The molecule has 0 radical (unpaired) electrons. The molecule has 7 nitrogen and oxygen atoms in total. The summed E-state index contributed by atoms with van der Waals surface area (Å²) < 4.78 is 0. The minimum absolute atomic E-state index is 0.240. The number of benzene rings is 1. The normalized spacial score (nSPS) is 9.89. The topological polar surface area (TPSA) is 96.6 Å². The molecular weight excluding hydrogens is 250 g/mol. The first kappa shape index (κ1) is 12.5. The molecule has 7 heteroatoms. The molecular formula is C12H9N3O4. The number of aromatic nitrogens is 1. The Labute approximate surface area is 107 Å². The Hall–Kier alpha value is -2.96. The SMILES string of the molecule is O=C(O)N(c1ccccc1)c1ccc([N+](=O)[O-])nc1. The van der Waals surface area contributed by atoms with E-state index >= 15 is 0 Å². The first-order chi connectivity index (χ1) is 9.09. The van der Waals surface area contributed by atoms with Crippen LogP contribution in [0.25, 0.3) is 0 Å². The van der Waals surface area contributed by atoms with Gasteiger partial charge in [-0.1, -0.05) is 18.2 Å². The number of hydrogen-bond acceptors (Lipinski definition) is 4. The molecule has 96 valence electrons. The van der Waals surface area contributed by atoms with Gasteiger partial charge in [0.05, 0.1) is 11.4 Å². The Morgan fingerprint density at radius 2 is 1.84 bits per heavy atom. The summed E-state index contributed by atoms with van der Waals surface area (Å²) in [6.45, 7) is 0. The zero-order valence-corrected chi connectivity index (χ0v) is 9.63. The first-order valence-corrected chi connectivity index (χ1v) is 5.28. The van der Waals surface area contributed by atoms with Gasteiger partial charge in [-0.2, -0.15) is 0 Å². The lowest BCUT2D eigenvalue weighted by molar-refractivity contribution is -0.389. The Balaban J connectivity index is 2.40. The number of rotatable bonds is 3. The summed E-state index contributed by atoms with van der Waals surface area (Å²) in [4.78, 5) is 25.7. The number of nitro groups is 1. The molecule has 0 saturated carbocycles. The summed E-state index contributed by atoms with van der Waals surface area (Å²) >= 11 is 0. The van der Waals surface area contributed by atoms with E-state index in [1.807, 2.05) is 0 Å². The quantitative estimate of drug-likeness (QED) is 0.675. The number of amides is 1. The van der Waals surface area contributed by atoms with Crippen LogP contribution in [-0.4, -0.2) is 21.1 Å². The molecule has 0 saturated heterocycles. The minimum atomic E-state index is -1.19. The fourth-order valence-corrected chi connectivity index (χ4v) is 1.57. The van der Waals surface area contributed by atoms with Crippen LogP contribution in [0.1, 0.15) is 0 Å². The molecule has 0 fully saturated rings. The van der Waals surface area contributed by atoms with Gasteiger partial charge in [-0.3, -0.25) is 0 Å². The van der Waals surface area contributed by atoms with Gasteiger partial charge in [0.25, 0.3) is 0 Å². The van der Waals surface area contributed by atoms with Gasteiger partial charge in [-0.15, -0.1) is 0 Å². The second-order valence-corrected chi connectivity index (χ2v) is 3.59. The monoisotopic (exact) mass is 259 g/mol. The average molecular weight is 259 g/mol. The van der Waals surface area contributed by atoms with Gasteiger partial charge >= 0.3 is 11.9 Å². The molecule has 1 heterocycles. The van der Waals surface area contributed by atoms with Crippen molar-refractivity contribution in [2.45, 2.75) is 0 Å². The maximum atomic E-state index is 11.3. The van der Waals surface area contributed by atoms with Crippen LogP contribution >= 0.6 is 0 Å². The van der Waals surface area contributed by atoms with E-state index < -0.39 is 11.0 Å². The Kier molecular flexibility index (Phi) is 3.37. The predicted molar refractivity (Wildman–Crippen MR) is 67.5 cm³/mol. The maximum absolute atomic E-state index is 11.3. The van der Waals surface area contributed by atoms with Gasteiger partial charge < -0.3 is 15.2 Å². The fraction of sp³-hybridized carbons (Fsp3) is 0. The van der Waals surface area contributed by atoms with Crippen LogP contribution in [0.15, 0.2) is 48.7 Å². The summed E-state index contributed by atoms with van der Waals surface area (Å²) in [5.41, 5.74) is 0.676. The summed E-state index contributed by atoms with van der Waals surface area (Å²) in [6, 6.07) is 10.9. The summed E-state index contributed by atoms with van der Waals surface area (Å²) in [7, 11) is 0. The van der Waals surface area contributed by atoms with E-state index in [2.05, 4.69) is 4.98 Å². The second-order valence-electron chi connectivity index (χ2n) is 3.59. The standard InChI is InChI=1S/C12H9N3O4/c16-12(17)14(9-4-2-1-3-5-9)10-6-7-11(13-8-10)15(18)19/h1-8H,(H,16,17). The third kappa shape index (κ3) is 2.65. The van der Waals surface area contributed by atoms with E-state index in [4.69, 9.17) is 0 Å². The molecule has 0 atom stereocenters. The van der Waals surface area contributed by atoms with Crippen molar-refractivity contribution in [1.29, 1.82) is 0 Å². The van der Waals surface area contributed by atoms with Crippen LogP contribution in [-0.2, 0) is 0 Å². The Morgan fingerprint density at radius 3 is 2.32 bits per heavy atom. The number of pyridine rings is 1. The van der Waals surface area contributed by atoms with Crippen molar-refractivity contribution in [3.63, 3.8) is 0 Å². The molecule has 0 aliphatic heterocycles. The molecule has 1 amide bonds. The number of hydrogen-bond donors (Lipinski definition) is 1. The zero-order valence-electron chi connectivity index (χ0n) is 9.63. The Morgan fingerprint density at radius 1 is 1.16 bits per heavy atom. The van der Waals surface area contributed by atoms with Crippen molar-refractivity contribution in [3.8, 4) is 0 Å². The molecule has 19 heavy (non-hydrogen) atoms. The van der Waals surface area contributed by atoms with Crippen molar-refractivity contribution < 1.29 is 14.8 Å². The highest BCUT2D eigenvalue weighted by molar-refractivity contribution is 5.94. The van der Waals surface area contributed by atoms with E-state index in [1.165, 1.54) is 6.07 Å². The smallest absolute Gasteiger partial charge is 0.416 e. The average Bonchev–Trinajstić information content (AvgIpc) is 2.40. The van der Waals surface area contributed by atoms with E-state index in [-0.39, 0.29) is 11.5 Å². The maximum Gasteiger partial charge on any atom is 0.416 e. The van der Waals surface area contributed by atoms with E-state index in [0.29, 0.717) is 5.69 Å². The predicted octanol–water partition coefficient (Wildman–Crippen LogP) is 2.81. The first-order valence-electron chi connectivity index (χ1n) is 5.28. The van der Waals surface area contributed by atoms with Gasteiger partial charge in [-0.05, 0) is 28.1 Å². The highest BCUT2D eigenvalue weighted by Crippen LogP contribution is 2.25. The van der Waals surface area contributed by atoms with Crippen molar-refractivity contribution in [3.05, 3.63) is 58.8 Å². The van der Waals surface area contributed by atoms with Crippen LogP contribution < -0.4 is 4.90 Å². The molecule has 0 aliphatic rings. The zero-order chi connectivity index (χ0) is 13.8. The van der Waals surface area contributed by atoms with Crippen molar-refractivity contribution in [2.24, 2.45) is 0 Å². The molecule has 2 aromatic rings. The third-order valence-corrected chi connectivity index (χ3v) is 2.38. The molecule has 1 aromatic carbocycles. The van der Waals surface area contributed by atoms with E-state index in [9.17, 15) is 20.0 Å². The van der Waals surface area contributed by atoms with Gasteiger partial charge in [0.2, 0.25) is 0 Å². The van der Waals surface area contributed by atoms with Crippen molar-refractivity contribution >= 4 is 23.3 Å². The number of nitrogens with zero attached hydrogens (tertiary/aromatic N) is 3. The van der Waals surface area contributed by atoms with Gasteiger partial charge in [0.1, 0.15) is 0 Å². The van der Waals surface area contributed by atoms with Crippen LogP contribution in [0.4, 0.5) is 22.0 Å². The van der Waals surface area contributed by atoms with Crippen LogP contribution in [0.2, 0.25) is 0 Å². The number of carboxylic acid groups (broad SMARTS) is 1. The van der Waals surface area contributed by atoms with Crippen LogP contribution in [0.3, 0.4) is 0 Å². The largest absolute Gasteiger partial charge is 0.464 e. The summed E-state index contributed by atoms with van der Waals surface area (Å²) in [6.07, 6.45) is -0.0407. The molecule has 0 unspecified atom stereocenters. The minimum Gasteiger partial charge on any atom is -0.464 e. The molecule has 1 N–H and O–H groups in total. The van der Waals surface area contributed by atoms with Gasteiger partial charge in [0.15, 0.2) is 6.20 Å². The van der Waals surface area contributed by atoms with Crippen LogP contribution in [0, 0.1) is 10.1 Å². The Bertz CT molecular complexity index is 598. The van der Waals surface area contributed by atoms with Gasteiger partial charge in [0, 0.05) is 6.07 Å². The van der Waals surface area contributed by atoms with Crippen molar-refractivity contribution in [2.75, 3.05) is 4.90 Å². The lowest BCUT2D eigenvalue weighted by atomic mass is 10.2. The summed E-state index contributed by atoms with van der Waals surface area (Å²) in [5.74, 6) is -0.331. The number of carbonyl (C=O) groups is 1. The van der Waals surface area contributed by atoms with E-state index in [0.717, 1.165) is 17.2 Å². The lowest BCUT2D eigenvalue weighted by Crippen LogP contribution is -2.23. The van der Waals surface area contributed by atoms with Crippen LogP contribution in [0.5, 0.6) is 0 Å². The fourth-order valence-electron chi connectivity index (χ4n) is 1.57. The highest BCUT2D eigenvalue weighted by Gasteiger charge is 2.19.